The highest BCUT2D eigenvalue weighted by Gasteiger charge is 2.42. The first-order valence-electron chi connectivity index (χ1n) is 9.72. The van der Waals surface area contributed by atoms with Crippen molar-refractivity contribution >= 4 is 15.7 Å². The molecule has 1 aromatic heterocycles. The lowest BCUT2D eigenvalue weighted by Gasteiger charge is -2.22. The van der Waals surface area contributed by atoms with E-state index in [0.717, 1.165) is 11.6 Å². The second-order valence-electron chi connectivity index (χ2n) is 7.63. The van der Waals surface area contributed by atoms with Crippen molar-refractivity contribution in [2.24, 2.45) is 7.05 Å². The molecule has 6 nitrogen and oxygen atoms in total. The molecule has 0 aliphatic carbocycles. The van der Waals surface area contributed by atoms with Gasteiger partial charge in [-0.2, -0.15) is 17.5 Å². The van der Waals surface area contributed by atoms with Crippen molar-refractivity contribution < 1.29 is 26.0 Å². The minimum absolute atomic E-state index is 0.0614. The highest BCUT2D eigenvalue weighted by Crippen LogP contribution is 2.37. The molecule has 11 heteroatoms. The summed E-state index contributed by atoms with van der Waals surface area (Å²) in [6.07, 6.45) is -2.10. The third-order valence-electron chi connectivity index (χ3n) is 5.44. The number of hydrogen-bond acceptors (Lipinski definition) is 4. The number of benzene rings is 2. The summed E-state index contributed by atoms with van der Waals surface area (Å²) in [7, 11) is -2.30. The zero-order valence-electron chi connectivity index (χ0n) is 16.9. The van der Waals surface area contributed by atoms with Gasteiger partial charge < -0.3 is 9.88 Å². The number of anilines is 1. The summed E-state index contributed by atoms with van der Waals surface area (Å²) in [6.45, 7) is 0.00925. The molecule has 1 saturated heterocycles. The van der Waals surface area contributed by atoms with E-state index in [2.05, 4.69) is 10.3 Å². The van der Waals surface area contributed by atoms with E-state index in [4.69, 9.17) is 0 Å². The summed E-state index contributed by atoms with van der Waals surface area (Å²) in [4.78, 5) is 3.92. The summed E-state index contributed by atoms with van der Waals surface area (Å²) in [5, 5.41) is 2.70. The Labute approximate surface area is 182 Å². The van der Waals surface area contributed by atoms with Gasteiger partial charge in [-0.05, 0) is 17.7 Å². The molecule has 2 atom stereocenters. The molecule has 170 valence electrons. The van der Waals surface area contributed by atoms with Crippen LogP contribution in [0.15, 0.2) is 66.1 Å². The molecule has 0 amide bonds. The van der Waals surface area contributed by atoms with E-state index >= 15 is 0 Å². The second-order valence-corrected chi connectivity index (χ2v) is 9.52. The molecular weight excluding hydrogens is 448 g/mol. The van der Waals surface area contributed by atoms with Crippen LogP contribution >= 0.6 is 0 Å². The van der Waals surface area contributed by atoms with Crippen molar-refractivity contribution in [3.05, 3.63) is 78.0 Å². The van der Waals surface area contributed by atoms with E-state index in [-0.39, 0.29) is 23.8 Å². The molecule has 1 aliphatic rings. The maximum atomic E-state index is 14.6. The number of alkyl halides is 3. The van der Waals surface area contributed by atoms with Crippen LogP contribution < -0.4 is 5.32 Å². The Kier molecular flexibility index (Phi) is 5.72. The first kappa shape index (κ1) is 22.3. The van der Waals surface area contributed by atoms with Gasteiger partial charge in [0.2, 0.25) is 0 Å². The average Bonchev–Trinajstić information content (AvgIpc) is 3.37. The monoisotopic (exact) mass is 468 g/mol. The van der Waals surface area contributed by atoms with E-state index in [0.29, 0.717) is 6.07 Å². The van der Waals surface area contributed by atoms with Gasteiger partial charge in [0.15, 0.2) is 10.8 Å². The third-order valence-corrected chi connectivity index (χ3v) is 7.16. The number of nitrogens with zero attached hydrogens (tertiary/aromatic N) is 3. The van der Waals surface area contributed by atoms with Crippen LogP contribution in [-0.4, -0.2) is 41.4 Å². The zero-order chi connectivity index (χ0) is 23.1. The Bertz CT molecular complexity index is 1210. The van der Waals surface area contributed by atoms with Crippen LogP contribution in [-0.2, 0) is 23.2 Å². The van der Waals surface area contributed by atoms with Crippen LogP contribution in [0.4, 0.5) is 23.2 Å². The lowest BCUT2D eigenvalue weighted by Crippen LogP contribution is -2.32. The number of hydrogen-bond donors (Lipinski definition) is 1. The molecule has 0 bridgehead atoms. The zero-order valence-corrected chi connectivity index (χ0v) is 17.7. The first-order chi connectivity index (χ1) is 15.1. The summed E-state index contributed by atoms with van der Waals surface area (Å²) < 4.78 is 82.9. The van der Waals surface area contributed by atoms with Crippen molar-refractivity contribution in [3.8, 4) is 0 Å². The molecule has 2 unspecified atom stereocenters. The summed E-state index contributed by atoms with van der Waals surface area (Å²) in [6, 6.07) is 11.3. The summed E-state index contributed by atoms with van der Waals surface area (Å²) in [5.41, 5.74) is -0.923. The number of sulfonamides is 1. The molecule has 2 aromatic carbocycles. The SMILES string of the molecule is Cn1cnc(S(=O)(=O)N2CC(Nc3cccc(C(F)(F)F)c3F)C(c3ccccc3)C2)c1. The molecule has 0 spiro atoms. The van der Waals surface area contributed by atoms with Gasteiger partial charge in [-0.1, -0.05) is 36.4 Å². The van der Waals surface area contributed by atoms with E-state index in [1.54, 1.807) is 37.4 Å². The van der Waals surface area contributed by atoms with E-state index in [1.165, 1.54) is 27.5 Å². The fourth-order valence-corrected chi connectivity index (χ4v) is 5.32. The topological polar surface area (TPSA) is 67.2 Å². The smallest absolute Gasteiger partial charge is 0.378 e. The van der Waals surface area contributed by atoms with Crippen molar-refractivity contribution in [1.29, 1.82) is 0 Å². The number of aromatic nitrogens is 2. The Morgan fingerprint density at radius 3 is 2.41 bits per heavy atom. The number of imidazole rings is 1. The van der Waals surface area contributed by atoms with Crippen LogP contribution in [0.5, 0.6) is 0 Å². The molecule has 2 heterocycles. The van der Waals surface area contributed by atoms with Gasteiger partial charge in [0, 0.05) is 38.3 Å². The molecule has 0 saturated carbocycles. The number of halogens is 4. The number of rotatable bonds is 5. The Hall–Kier alpha value is -2.92. The standard InChI is InChI=1S/C21H20F4N4O2S/c1-28-12-19(26-13-28)32(30,31)29-10-15(14-6-3-2-4-7-14)18(11-29)27-17-9-5-8-16(20(17)22)21(23,24)25/h2-9,12-13,15,18,27H,10-11H2,1H3. The second kappa shape index (κ2) is 8.21. The predicted molar refractivity (Wildman–Crippen MR) is 110 cm³/mol. The van der Waals surface area contributed by atoms with E-state index in [1.807, 2.05) is 0 Å². The minimum atomic E-state index is -4.84. The van der Waals surface area contributed by atoms with E-state index in [9.17, 15) is 26.0 Å². The Balaban J connectivity index is 1.68. The number of nitrogens with one attached hydrogen (secondary N) is 1. The Morgan fingerprint density at radius 2 is 1.78 bits per heavy atom. The predicted octanol–water partition coefficient (Wildman–Crippen LogP) is 3.85. The Morgan fingerprint density at radius 1 is 1.06 bits per heavy atom. The van der Waals surface area contributed by atoms with Crippen molar-refractivity contribution in [3.63, 3.8) is 0 Å². The largest absolute Gasteiger partial charge is 0.419 e. The highest BCUT2D eigenvalue weighted by molar-refractivity contribution is 7.89. The van der Waals surface area contributed by atoms with Gasteiger partial charge >= 0.3 is 6.18 Å². The molecule has 1 fully saturated rings. The fourth-order valence-electron chi connectivity index (χ4n) is 3.86. The van der Waals surface area contributed by atoms with Crippen molar-refractivity contribution in [1.82, 2.24) is 13.9 Å². The van der Waals surface area contributed by atoms with Crippen LogP contribution in [0.3, 0.4) is 0 Å². The van der Waals surface area contributed by atoms with Gasteiger partial charge in [0.25, 0.3) is 10.0 Å². The minimum Gasteiger partial charge on any atom is -0.378 e. The maximum Gasteiger partial charge on any atom is 0.419 e. The fraction of sp³-hybridized carbons (Fsp3) is 0.286. The quantitative estimate of drug-likeness (QED) is 0.578. The molecular formula is C21H20F4N4O2S. The lowest BCUT2D eigenvalue weighted by atomic mass is 9.94. The highest BCUT2D eigenvalue weighted by atomic mass is 32.2. The molecule has 1 N–H and O–H groups in total. The van der Waals surface area contributed by atoms with Crippen LogP contribution in [0.25, 0.3) is 0 Å². The normalized spacial score (nSPS) is 19.9. The van der Waals surface area contributed by atoms with Crippen molar-refractivity contribution in [2.75, 3.05) is 18.4 Å². The van der Waals surface area contributed by atoms with Gasteiger partial charge in [0.1, 0.15) is 0 Å². The maximum absolute atomic E-state index is 14.6. The third kappa shape index (κ3) is 4.22. The average molecular weight is 468 g/mol. The lowest BCUT2D eigenvalue weighted by molar-refractivity contribution is -0.139. The first-order valence-corrected chi connectivity index (χ1v) is 11.2. The van der Waals surface area contributed by atoms with Crippen LogP contribution in [0.1, 0.15) is 17.0 Å². The molecule has 4 rings (SSSR count). The van der Waals surface area contributed by atoms with Gasteiger partial charge in [0.05, 0.1) is 17.6 Å². The summed E-state index contributed by atoms with van der Waals surface area (Å²) >= 11 is 0. The van der Waals surface area contributed by atoms with Gasteiger partial charge in [-0.25, -0.2) is 17.8 Å². The van der Waals surface area contributed by atoms with E-state index < -0.39 is 39.5 Å². The molecule has 32 heavy (non-hydrogen) atoms. The molecule has 3 aromatic rings. The van der Waals surface area contributed by atoms with Gasteiger partial charge in [-0.15, -0.1) is 0 Å². The molecule has 1 aliphatic heterocycles. The van der Waals surface area contributed by atoms with Gasteiger partial charge in [-0.3, -0.25) is 0 Å². The van der Waals surface area contributed by atoms with Crippen LogP contribution in [0, 0.1) is 5.82 Å². The van der Waals surface area contributed by atoms with Crippen molar-refractivity contribution in [2.45, 2.75) is 23.2 Å². The number of aryl methyl sites for hydroxylation is 1. The summed E-state index contributed by atoms with van der Waals surface area (Å²) in [5.74, 6) is -1.83. The van der Waals surface area contributed by atoms with Crippen LogP contribution in [0.2, 0.25) is 0 Å². The molecule has 0 radical (unpaired) electrons.